The number of nitrogens with one attached hydrogen (secondary N) is 1. The Morgan fingerprint density at radius 2 is 1.74 bits per heavy atom. The van der Waals surface area contributed by atoms with E-state index in [1.807, 2.05) is 31.2 Å². The van der Waals surface area contributed by atoms with Gasteiger partial charge >= 0.3 is 0 Å². The molecule has 4 heteroatoms. The lowest BCUT2D eigenvalue weighted by atomic mass is 10.1. The zero-order valence-corrected chi connectivity index (χ0v) is 10.5. The highest BCUT2D eigenvalue weighted by atomic mass is 19.1. The van der Waals surface area contributed by atoms with Crippen molar-refractivity contribution in [1.82, 2.24) is 0 Å². The SMILES string of the molecule is Cc1cccc(NCC(O)c2c(F)cccc2F)c1. The Labute approximate surface area is 110 Å². The summed E-state index contributed by atoms with van der Waals surface area (Å²) in [5, 5.41) is 12.8. The molecule has 1 atom stereocenters. The van der Waals surface area contributed by atoms with Gasteiger partial charge in [0.2, 0.25) is 0 Å². The van der Waals surface area contributed by atoms with Crippen LogP contribution in [-0.4, -0.2) is 11.7 Å². The topological polar surface area (TPSA) is 32.3 Å². The maximum Gasteiger partial charge on any atom is 0.132 e. The third kappa shape index (κ3) is 3.29. The van der Waals surface area contributed by atoms with E-state index in [0.717, 1.165) is 23.4 Å². The van der Waals surface area contributed by atoms with E-state index in [2.05, 4.69) is 5.32 Å². The van der Waals surface area contributed by atoms with Gasteiger partial charge in [0.1, 0.15) is 17.7 Å². The van der Waals surface area contributed by atoms with Gasteiger partial charge < -0.3 is 10.4 Å². The molecule has 0 aliphatic rings. The molecule has 0 aromatic heterocycles. The van der Waals surface area contributed by atoms with Crippen LogP contribution >= 0.6 is 0 Å². The van der Waals surface area contributed by atoms with Gasteiger partial charge in [0, 0.05) is 12.2 Å². The molecule has 100 valence electrons. The van der Waals surface area contributed by atoms with Crippen molar-refractivity contribution in [2.75, 3.05) is 11.9 Å². The number of rotatable bonds is 4. The predicted octanol–water partition coefficient (Wildman–Crippen LogP) is 3.42. The van der Waals surface area contributed by atoms with Crippen molar-refractivity contribution in [2.24, 2.45) is 0 Å². The summed E-state index contributed by atoms with van der Waals surface area (Å²) in [6.45, 7) is 1.99. The standard InChI is InChI=1S/C15H15F2NO/c1-10-4-2-5-11(8-10)18-9-14(19)15-12(16)6-3-7-13(15)17/h2-8,14,18-19H,9H2,1H3. The molecule has 0 aliphatic heterocycles. The van der Waals surface area contributed by atoms with E-state index in [-0.39, 0.29) is 12.1 Å². The summed E-state index contributed by atoms with van der Waals surface area (Å²) < 4.78 is 26.9. The van der Waals surface area contributed by atoms with Crippen LogP contribution in [0.2, 0.25) is 0 Å². The lowest BCUT2D eigenvalue weighted by Gasteiger charge is -2.15. The number of benzene rings is 2. The highest BCUT2D eigenvalue weighted by Crippen LogP contribution is 2.21. The van der Waals surface area contributed by atoms with Crippen LogP contribution in [0.25, 0.3) is 0 Å². The molecule has 0 amide bonds. The zero-order chi connectivity index (χ0) is 13.8. The number of aliphatic hydroxyl groups is 1. The van der Waals surface area contributed by atoms with Crippen molar-refractivity contribution in [3.8, 4) is 0 Å². The number of anilines is 1. The number of aryl methyl sites for hydroxylation is 1. The molecule has 0 saturated carbocycles. The molecule has 0 aliphatic carbocycles. The van der Waals surface area contributed by atoms with Crippen molar-refractivity contribution < 1.29 is 13.9 Å². The summed E-state index contributed by atoms with van der Waals surface area (Å²) in [7, 11) is 0. The molecule has 2 nitrogen and oxygen atoms in total. The van der Waals surface area contributed by atoms with E-state index < -0.39 is 17.7 Å². The van der Waals surface area contributed by atoms with Crippen LogP contribution in [0.5, 0.6) is 0 Å². The molecule has 2 N–H and O–H groups in total. The Balaban J connectivity index is 2.07. The first-order chi connectivity index (χ1) is 9.08. The van der Waals surface area contributed by atoms with Crippen LogP contribution in [0.15, 0.2) is 42.5 Å². The zero-order valence-electron chi connectivity index (χ0n) is 10.5. The maximum absolute atomic E-state index is 13.5. The van der Waals surface area contributed by atoms with Gasteiger partial charge in [0.25, 0.3) is 0 Å². The molecular formula is C15H15F2NO. The Morgan fingerprint density at radius 3 is 2.37 bits per heavy atom. The van der Waals surface area contributed by atoms with Crippen molar-refractivity contribution in [3.05, 3.63) is 65.2 Å². The molecular weight excluding hydrogens is 248 g/mol. The van der Waals surface area contributed by atoms with Gasteiger partial charge in [-0.05, 0) is 36.8 Å². The van der Waals surface area contributed by atoms with Crippen LogP contribution in [0.1, 0.15) is 17.2 Å². The first-order valence-electron chi connectivity index (χ1n) is 6.00. The summed E-state index contributed by atoms with van der Waals surface area (Å²) in [5.74, 6) is -1.47. The summed E-state index contributed by atoms with van der Waals surface area (Å²) in [5.41, 5.74) is 1.56. The van der Waals surface area contributed by atoms with Gasteiger partial charge in [0.15, 0.2) is 0 Å². The third-order valence-corrected chi connectivity index (χ3v) is 2.85. The van der Waals surface area contributed by atoms with E-state index in [1.54, 1.807) is 0 Å². The van der Waals surface area contributed by atoms with Gasteiger partial charge in [-0.15, -0.1) is 0 Å². The molecule has 0 radical (unpaired) electrons. The molecule has 0 fully saturated rings. The summed E-state index contributed by atoms with van der Waals surface area (Å²) in [6, 6.07) is 11.1. The fraction of sp³-hybridized carbons (Fsp3) is 0.200. The lowest BCUT2D eigenvalue weighted by molar-refractivity contribution is 0.181. The highest BCUT2D eigenvalue weighted by Gasteiger charge is 2.17. The van der Waals surface area contributed by atoms with E-state index in [9.17, 15) is 13.9 Å². The van der Waals surface area contributed by atoms with Crippen LogP contribution < -0.4 is 5.32 Å². The van der Waals surface area contributed by atoms with Crippen LogP contribution in [0.3, 0.4) is 0 Å². The minimum atomic E-state index is -1.23. The highest BCUT2D eigenvalue weighted by molar-refractivity contribution is 5.45. The third-order valence-electron chi connectivity index (χ3n) is 2.85. The molecule has 2 aromatic carbocycles. The Morgan fingerprint density at radius 1 is 1.11 bits per heavy atom. The van der Waals surface area contributed by atoms with Crippen LogP contribution in [0, 0.1) is 18.6 Å². The lowest BCUT2D eigenvalue weighted by Crippen LogP contribution is -2.15. The summed E-state index contributed by atoms with van der Waals surface area (Å²) in [4.78, 5) is 0. The molecule has 1 unspecified atom stereocenters. The van der Waals surface area contributed by atoms with Crippen LogP contribution in [-0.2, 0) is 0 Å². The largest absolute Gasteiger partial charge is 0.386 e. The summed E-state index contributed by atoms with van der Waals surface area (Å²) >= 11 is 0. The molecule has 0 bridgehead atoms. The molecule has 0 saturated heterocycles. The summed E-state index contributed by atoms with van der Waals surface area (Å²) in [6.07, 6.45) is -1.23. The van der Waals surface area contributed by atoms with Gasteiger partial charge in [0.05, 0.1) is 5.56 Å². The maximum atomic E-state index is 13.5. The van der Waals surface area contributed by atoms with Crippen LogP contribution in [0.4, 0.5) is 14.5 Å². The van der Waals surface area contributed by atoms with Gasteiger partial charge in [-0.2, -0.15) is 0 Å². The Bertz CT molecular complexity index is 552. The van der Waals surface area contributed by atoms with E-state index in [0.29, 0.717) is 0 Å². The van der Waals surface area contributed by atoms with Gasteiger partial charge in [-0.1, -0.05) is 18.2 Å². The van der Waals surface area contributed by atoms with Gasteiger partial charge in [-0.3, -0.25) is 0 Å². The number of aliphatic hydroxyl groups excluding tert-OH is 1. The monoisotopic (exact) mass is 263 g/mol. The number of halogens is 2. The van der Waals surface area contributed by atoms with Crippen molar-refractivity contribution >= 4 is 5.69 Å². The smallest absolute Gasteiger partial charge is 0.132 e. The molecule has 2 rings (SSSR count). The molecule has 0 heterocycles. The Hall–Kier alpha value is -1.94. The first-order valence-corrected chi connectivity index (χ1v) is 6.00. The number of hydrogen-bond donors (Lipinski definition) is 2. The minimum Gasteiger partial charge on any atom is -0.386 e. The second-order valence-corrected chi connectivity index (χ2v) is 4.40. The fourth-order valence-electron chi connectivity index (χ4n) is 1.90. The Kier molecular flexibility index (Phi) is 4.12. The second-order valence-electron chi connectivity index (χ2n) is 4.40. The average Bonchev–Trinajstić information content (AvgIpc) is 2.36. The quantitative estimate of drug-likeness (QED) is 0.886. The van der Waals surface area contributed by atoms with Crippen molar-refractivity contribution in [3.63, 3.8) is 0 Å². The average molecular weight is 263 g/mol. The minimum absolute atomic E-state index is 0.0430. The van der Waals surface area contributed by atoms with Crippen molar-refractivity contribution in [1.29, 1.82) is 0 Å². The van der Waals surface area contributed by atoms with E-state index in [1.165, 1.54) is 6.07 Å². The fourth-order valence-corrected chi connectivity index (χ4v) is 1.90. The molecule has 2 aromatic rings. The normalized spacial score (nSPS) is 12.2. The molecule has 0 spiro atoms. The van der Waals surface area contributed by atoms with Gasteiger partial charge in [-0.25, -0.2) is 8.78 Å². The first kappa shape index (κ1) is 13.5. The number of hydrogen-bond acceptors (Lipinski definition) is 2. The molecule has 19 heavy (non-hydrogen) atoms. The second kappa shape index (κ2) is 5.80. The predicted molar refractivity (Wildman–Crippen MR) is 71.0 cm³/mol. The van der Waals surface area contributed by atoms with Crippen molar-refractivity contribution in [2.45, 2.75) is 13.0 Å². The van der Waals surface area contributed by atoms with E-state index >= 15 is 0 Å². The van der Waals surface area contributed by atoms with E-state index in [4.69, 9.17) is 0 Å².